The summed E-state index contributed by atoms with van der Waals surface area (Å²) in [5, 5.41) is 17.3. The molecule has 0 aliphatic heterocycles. The lowest BCUT2D eigenvalue weighted by atomic mass is 10.2. The highest BCUT2D eigenvalue weighted by atomic mass is 32.2. The van der Waals surface area contributed by atoms with E-state index in [0.29, 0.717) is 34.1 Å². The molecule has 0 aliphatic carbocycles. The average Bonchev–Trinajstić information content (AvgIpc) is 3.34. The third-order valence-corrected chi connectivity index (χ3v) is 4.81. The van der Waals surface area contributed by atoms with Crippen molar-refractivity contribution >= 4 is 23.1 Å². The first-order chi connectivity index (χ1) is 11.8. The van der Waals surface area contributed by atoms with Crippen molar-refractivity contribution in [2.24, 2.45) is 0 Å². The van der Waals surface area contributed by atoms with Crippen molar-refractivity contribution in [3.05, 3.63) is 53.5 Å². The van der Waals surface area contributed by atoms with E-state index in [2.05, 4.69) is 25.4 Å². The van der Waals surface area contributed by atoms with E-state index >= 15 is 0 Å². The predicted molar refractivity (Wildman–Crippen MR) is 88.9 cm³/mol. The first kappa shape index (κ1) is 15.0. The lowest BCUT2D eigenvalue weighted by molar-refractivity contribution is 0.529. The summed E-state index contributed by atoms with van der Waals surface area (Å²) >= 11 is 2.87. The van der Waals surface area contributed by atoms with Gasteiger partial charge in [-0.05, 0) is 23.6 Å². The molecule has 1 N–H and O–H groups in total. The average molecular weight is 359 g/mol. The molecule has 0 aliphatic rings. The largest absolute Gasteiger partial charge is 0.419 e. The molecule has 9 heteroatoms. The summed E-state index contributed by atoms with van der Waals surface area (Å²) in [6, 6.07) is 10.3. The molecule has 3 heterocycles. The van der Waals surface area contributed by atoms with Crippen molar-refractivity contribution in [1.29, 1.82) is 0 Å². The lowest BCUT2D eigenvalue weighted by Crippen LogP contribution is -1.85. The van der Waals surface area contributed by atoms with Gasteiger partial charge in [-0.15, -0.1) is 26.6 Å². The number of aromatic nitrogens is 5. The predicted octanol–water partition coefficient (Wildman–Crippen LogP) is 4.01. The summed E-state index contributed by atoms with van der Waals surface area (Å²) in [5.41, 5.74) is 0.384. The molecule has 3 aromatic heterocycles. The van der Waals surface area contributed by atoms with Crippen LogP contribution in [-0.4, -0.2) is 25.4 Å². The maximum Gasteiger partial charge on any atom is 0.257 e. The number of nitrogens with one attached hydrogen (secondary N) is 1. The molecule has 0 saturated carbocycles. The molecule has 0 spiro atoms. The molecule has 24 heavy (non-hydrogen) atoms. The fourth-order valence-corrected chi connectivity index (χ4v) is 3.30. The first-order valence-electron chi connectivity index (χ1n) is 6.96. The van der Waals surface area contributed by atoms with E-state index in [9.17, 15) is 4.39 Å². The zero-order valence-electron chi connectivity index (χ0n) is 12.1. The van der Waals surface area contributed by atoms with E-state index in [0.717, 1.165) is 4.88 Å². The highest BCUT2D eigenvalue weighted by Gasteiger charge is 2.13. The molecular weight excluding hydrogens is 349 g/mol. The number of nitrogens with zero attached hydrogens (tertiary/aromatic N) is 4. The van der Waals surface area contributed by atoms with Crippen LogP contribution in [0.3, 0.4) is 0 Å². The minimum Gasteiger partial charge on any atom is -0.419 e. The van der Waals surface area contributed by atoms with Gasteiger partial charge in [0.25, 0.3) is 5.89 Å². The van der Waals surface area contributed by atoms with Gasteiger partial charge >= 0.3 is 0 Å². The maximum absolute atomic E-state index is 13.7. The van der Waals surface area contributed by atoms with Crippen molar-refractivity contribution in [2.45, 2.75) is 10.9 Å². The number of aromatic amines is 1. The fraction of sp³-hybridized carbons (Fsp3) is 0.0667. The van der Waals surface area contributed by atoms with Gasteiger partial charge in [-0.2, -0.15) is 0 Å². The van der Waals surface area contributed by atoms with Crippen LogP contribution in [0.4, 0.5) is 4.39 Å². The number of H-pyrrole nitrogens is 1. The standard InChI is InChI=1S/C15H10FN5OS2/c16-10-5-2-1-4-9(10)13-17-15(21-19-13)24-8-12-18-20-14(22-12)11-6-3-7-23-11/h1-7H,8H2,(H,17,19,21). The Morgan fingerprint density at radius 3 is 2.92 bits per heavy atom. The van der Waals surface area contributed by atoms with Gasteiger partial charge in [0.05, 0.1) is 16.2 Å². The number of hydrogen-bond donors (Lipinski definition) is 1. The summed E-state index contributed by atoms with van der Waals surface area (Å²) < 4.78 is 19.3. The van der Waals surface area contributed by atoms with Crippen molar-refractivity contribution in [3.8, 4) is 22.2 Å². The van der Waals surface area contributed by atoms with E-state index < -0.39 is 0 Å². The van der Waals surface area contributed by atoms with Gasteiger partial charge < -0.3 is 4.42 Å². The monoisotopic (exact) mass is 359 g/mol. The van der Waals surface area contributed by atoms with Gasteiger partial charge in [0.1, 0.15) is 5.82 Å². The second-order valence-electron chi connectivity index (χ2n) is 4.71. The molecular formula is C15H10FN5OS2. The molecule has 4 rings (SSSR count). The number of thiophene rings is 1. The van der Waals surface area contributed by atoms with Gasteiger partial charge in [-0.1, -0.05) is 30.0 Å². The van der Waals surface area contributed by atoms with Crippen molar-refractivity contribution in [3.63, 3.8) is 0 Å². The number of benzene rings is 1. The van der Waals surface area contributed by atoms with Crippen LogP contribution in [-0.2, 0) is 5.75 Å². The zero-order valence-corrected chi connectivity index (χ0v) is 13.8. The number of halogens is 1. The van der Waals surface area contributed by atoms with Crippen molar-refractivity contribution in [2.75, 3.05) is 0 Å². The Labute approximate surface area is 144 Å². The summed E-state index contributed by atoms with van der Waals surface area (Å²) in [6.45, 7) is 0. The minimum absolute atomic E-state index is 0.345. The van der Waals surface area contributed by atoms with Gasteiger partial charge in [0.15, 0.2) is 5.82 Å². The summed E-state index contributed by atoms with van der Waals surface area (Å²) in [6.07, 6.45) is 0. The molecule has 120 valence electrons. The highest BCUT2D eigenvalue weighted by molar-refractivity contribution is 7.98. The van der Waals surface area contributed by atoms with E-state index in [1.54, 1.807) is 18.2 Å². The minimum atomic E-state index is -0.345. The molecule has 0 radical (unpaired) electrons. The second kappa shape index (κ2) is 6.54. The van der Waals surface area contributed by atoms with Crippen LogP contribution in [0.5, 0.6) is 0 Å². The van der Waals surface area contributed by atoms with Crippen LogP contribution in [0, 0.1) is 5.82 Å². The lowest BCUT2D eigenvalue weighted by Gasteiger charge is -1.96. The number of rotatable bonds is 5. The zero-order chi connectivity index (χ0) is 16.4. The number of thioether (sulfide) groups is 1. The Morgan fingerprint density at radius 2 is 2.08 bits per heavy atom. The molecule has 0 fully saturated rings. The van der Waals surface area contributed by atoms with Gasteiger partial charge in [-0.3, -0.25) is 5.10 Å². The normalized spacial score (nSPS) is 11.0. The van der Waals surface area contributed by atoms with Crippen LogP contribution in [0.1, 0.15) is 5.89 Å². The van der Waals surface area contributed by atoms with E-state index in [1.165, 1.54) is 29.2 Å². The van der Waals surface area contributed by atoms with Crippen LogP contribution in [0.15, 0.2) is 51.4 Å². The van der Waals surface area contributed by atoms with Crippen LogP contribution in [0.2, 0.25) is 0 Å². The molecule has 0 saturated heterocycles. The van der Waals surface area contributed by atoms with Crippen LogP contribution < -0.4 is 0 Å². The Hall–Kier alpha value is -2.52. The Balaban J connectivity index is 1.45. The van der Waals surface area contributed by atoms with E-state index in [1.807, 2.05) is 17.5 Å². The fourth-order valence-electron chi connectivity index (χ4n) is 2.02. The summed E-state index contributed by atoms with van der Waals surface area (Å²) in [7, 11) is 0. The Bertz CT molecular complexity index is 950. The summed E-state index contributed by atoms with van der Waals surface area (Å²) in [4.78, 5) is 5.21. The van der Waals surface area contributed by atoms with Crippen LogP contribution in [0.25, 0.3) is 22.2 Å². The van der Waals surface area contributed by atoms with Crippen molar-refractivity contribution in [1.82, 2.24) is 25.4 Å². The SMILES string of the molecule is Fc1ccccc1-c1nc(SCc2nnc(-c3cccs3)o2)n[nH]1. The molecule has 0 bridgehead atoms. The van der Waals surface area contributed by atoms with E-state index in [-0.39, 0.29) is 5.82 Å². The molecule has 0 amide bonds. The quantitative estimate of drug-likeness (QED) is 0.542. The molecule has 0 atom stereocenters. The molecule has 0 unspecified atom stereocenters. The Kier molecular flexibility index (Phi) is 4.09. The molecule has 6 nitrogen and oxygen atoms in total. The van der Waals surface area contributed by atoms with E-state index in [4.69, 9.17) is 4.42 Å². The molecule has 4 aromatic rings. The Morgan fingerprint density at radius 1 is 1.17 bits per heavy atom. The van der Waals surface area contributed by atoms with Crippen molar-refractivity contribution < 1.29 is 8.81 Å². The molecule has 1 aromatic carbocycles. The highest BCUT2D eigenvalue weighted by Crippen LogP contribution is 2.26. The van der Waals surface area contributed by atoms with Gasteiger partial charge in [-0.25, -0.2) is 9.37 Å². The maximum atomic E-state index is 13.7. The topological polar surface area (TPSA) is 80.5 Å². The third-order valence-electron chi connectivity index (χ3n) is 3.12. The summed E-state index contributed by atoms with van der Waals surface area (Å²) in [5.74, 6) is 1.47. The third kappa shape index (κ3) is 3.08. The van der Waals surface area contributed by atoms with Crippen LogP contribution >= 0.6 is 23.1 Å². The second-order valence-corrected chi connectivity index (χ2v) is 6.60. The van der Waals surface area contributed by atoms with Gasteiger partial charge in [0.2, 0.25) is 11.0 Å². The van der Waals surface area contributed by atoms with Gasteiger partial charge in [0, 0.05) is 0 Å². The number of hydrogen-bond acceptors (Lipinski definition) is 7. The first-order valence-corrected chi connectivity index (χ1v) is 8.82. The smallest absolute Gasteiger partial charge is 0.257 e.